The van der Waals surface area contributed by atoms with Crippen LogP contribution in [0, 0.1) is 11.3 Å². The van der Waals surface area contributed by atoms with E-state index in [0.29, 0.717) is 17.1 Å². The van der Waals surface area contributed by atoms with Crippen LogP contribution in [0.3, 0.4) is 0 Å². The number of rotatable bonds is 1. The van der Waals surface area contributed by atoms with Gasteiger partial charge in [0.05, 0.1) is 12.2 Å². The van der Waals surface area contributed by atoms with Gasteiger partial charge in [-0.25, -0.2) is 0 Å². The van der Waals surface area contributed by atoms with Crippen molar-refractivity contribution in [1.82, 2.24) is 0 Å². The first-order valence-electron chi connectivity index (χ1n) is 6.92. The molecule has 22 heavy (non-hydrogen) atoms. The van der Waals surface area contributed by atoms with Gasteiger partial charge in [-0.1, -0.05) is 36.4 Å². The number of nitrogens with two attached hydrogens (primary N) is 1. The predicted octanol–water partition coefficient (Wildman–Crippen LogP) is 3.65. The summed E-state index contributed by atoms with van der Waals surface area (Å²) in [4.78, 5) is 0. The van der Waals surface area contributed by atoms with Gasteiger partial charge in [-0.2, -0.15) is 5.26 Å². The monoisotopic (exact) mass is 288 g/mol. The van der Waals surface area contributed by atoms with Gasteiger partial charge in [-0.05, 0) is 17.5 Å². The fourth-order valence-corrected chi connectivity index (χ4v) is 2.93. The molecule has 4 rings (SSSR count). The molecule has 0 unspecified atom stereocenters. The molecule has 4 nitrogen and oxygen atoms in total. The maximum Gasteiger partial charge on any atom is 0.205 e. The summed E-state index contributed by atoms with van der Waals surface area (Å²) >= 11 is 0. The third-order valence-electron chi connectivity index (χ3n) is 3.94. The first-order valence-corrected chi connectivity index (χ1v) is 6.92. The third-order valence-corrected chi connectivity index (χ3v) is 3.94. The Labute approximate surface area is 127 Å². The number of hydrogen-bond acceptors (Lipinski definition) is 4. The van der Waals surface area contributed by atoms with Crippen LogP contribution in [0.1, 0.15) is 17.2 Å². The number of allylic oxidation sites excluding steroid dienone is 1. The molecular formula is C18H12N2O2. The Morgan fingerprint density at radius 3 is 2.68 bits per heavy atom. The van der Waals surface area contributed by atoms with Crippen LogP contribution < -0.4 is 10.5 Å². The Balaban J connectivity index is 2.04. The van der Waals surface area contributed by atoms with Crippen LogP contribution in [-0.4, -0.2) is 0 Å². The third kappa shape index (κ3) is 1.69. The van der Waals surface area contributed by atoms with Crippen LogP contribution in [0.5, 0.6) is 5.75 Å². The second-order valence-corrected chi connectivity index (χ2v) is 5.15. The molecule has 106 valence electrons. The molecule has 2 aromatic carbocycles. The molecule has 1 aliphatic heterocycles. The van der Waals surface area contributed by atoms with Gasteiger partial charge < -0.3 is 14.9 Å². The van der Waals surface area contributed by atoms with Crippen molar-refractivity contribution in [2.45, 2.75) is 5.92 Å². The highest BCUT2D eigenvalue weighted by Crippen LogP contribution is 2.45. The summed E-state index contributed by atoms with van der Waals surface area (Å²) in [5.74, 6) is 1.16. The van der Waals surface area contributed by atoms with Crippen LogP contribution in [0.15, 0.2) is 70.7 Å². The van der Waals surface area contributed by atoms with Crippen molar-refractivity contribution < 1.29 is 9.15 Å². The van der Waals surface area contributed by atoms with E-state index in [0.717, 1.165) is 16.3 Å². The summed E-state index contributed by atoms with van der Waals surface area (Å²) in [6, 6.07) is 17.7. The lowest BCUT2D eigenvalue weighted by molar-refractivity contribution is 0.388. The van der Waals surface area contributed by atoms with E-state index in [1.165, 1.54) is 0 Å². The summed E-state index contributed by atoms with van der Waals surface area (Å²) < 4.78 is 11.3. The highest BCUT2D eigenvalue weighted by molar-refractivity contribution is 5.90. The lowest BCUT2D eigenvalue weighted by Crippen LogP contribution is -2.20. The average Bonchev–Trinajstić information content (AvgIpc) is 3.07. The van der Waals surface area contributed by atoms with Crippen molar-refractivity contribution in [2.24, 2.45) is 5.73 Å². The normalized spacial score (nSPS) is 17.0. The average molecular weight is 288 g/mol. The van der Waals surface area contributed by atoms with Crippen molar-refractivity contribution in [3.63, 3.8) is 0 Å². The minimum absolute atomic E-state index is 0.132. The van der Waals surface area contributed by atoms with E-state index in [2.05, 4.69) is 6.07 Å². The molecule has 0 amide bonds. The van der Waals surface area contributed by atoms with E-state index in [4.69, 9.17) is 14.9 Å². The van der Waals surface area contributed by atoms with Gasteiger partial charge in [0, 0.05) is 10.9 Å². The predicted molar refractivity (Wildman–Crippen MR) is 82.0 cm³/mol. The molecule has 3 aromatic rings. The number of benzene rings is 2. The fourth-order valence-electron chi connectivity index (χ4n) is 2.93. The molecule has 0 fully saturated rings. The molecule has 0 spiro atoms. The second-order valence-electron chi connectivity index (χ2n) is 5.15. The zero-order valence-electron chi connectivity index (χ0n) is 11.6. The topological polar surface area (TPSA) is 72.2 Å². The summed E-state index contributed by atoms with van der Waals surface area (Å²) in [7, 11) is 0. The molecule has 0 saturated carbocycles. The number of nitriles is 1. The van der Waals surface area contributed by atoms with Crippen molar-refractivity contribution in [3.8, 4) is 11.8 Å². The molecule has 0 saturated heterocycles. The summed E-state index contributed by atoms with van der Waals surface area (Å²) in [5, 5.41) is 11.5. The smallest absolute Gasteiger partial charge is 0.205 e. The SMILES string of the molecule is N#CC1=C(N)Oc2c(ccc3ccccc23)[C@@H]1c1ccco1. The van der Waals surface area contributed by atoms with Crippen molar-refractivity contribution in [1.29, 1.82) is 5.26 Å². The summed E-state index contributed by atoms with van der Waals surface area (Å²) in [6.07, 6.45) is 1.59. The van der Waals surface area contributed by atoms with Gasteiger partial charge in [0.2, 0.25) is 5.88 Å². The van der Waals surface area contributed by atoms with Gasteiger partial charge in [-0.3, -0.25) is 0 Å². The Hall–Kier alpha value is -3.19. The molecule has 4 heteroatoms. The van der Waals surface area contributed by atoms with Gasteiger partial charge in [0.25, 0.3) is 0 Å². The van der Waals surface area contributed by atoms with Crippen molar-refractivity contribution in [3.05, 3.63) is 77.6 Å². The largest absolute Gasteiger partial charge is 0.468 e. The molecule has 2 heterocycles. The lowest BCUT2D eigenvalue weighted by atomic mass is 9.86. The van der Waals surface area contributed by atoms with Gasteiger partial charge in [0.15, 0.2) is 0 Å². The van der Waals surface area contributed by atoms with Crippen molar-refractivity contribution in [2.75, 3.05) is 0 Å². The standard InChI is InChI=1S/C18H12N2O2/c19-10-14-16(15-6-3-9-21-15)13-8-7-11-4-1-2-5-12(11)17(13)22-18(14)20/h1-9,16H,20H2/t16-/m0/s1. The maximum absolute atomic E-state index is 9.46. The van der Waals surface area contributed by atoms with Crippen molar-refractivity contribution >= 4 is 10.8 Å². The van der Waals surface area contributed by atoms with Crippen LogP contribution >= 0.6 is 0 Å². The quantitative estimate of drug-likeness (QED) is 0.741. The zero-order valence-corrected chi connectivity index (χ0v) is 11.6. The second kappa shape index (κ2) is 4.68. The Morgan fingerprint density at radius 1 is 1.05 bits per heavy atom. The van der Waals surface area contributed by atoms with Gasteiger partial charge in [0.1, 0.15) is 23.2 Å². The molecule has 0 bridgehead atoms. The Kier molecular flexibility index (Phi) is 2.67. The number of hydrogen-bond donors (Lipinski definition) is 1. The number of ether oxygens (including phenoxy) is 1. The van der Waals surface area contributed by atoms with Crippen LogP contribution in [0.4, 0.5) is 0 Å². The van der Waals surface area contributed by atoms with Gasteiger partial charge >= 0.3 is 0 Å². The van der Waals surface area contributed by atoms with E-state index < -0.39 is 0 Å². The van der Waals surface area contributed by atoms with E-state index in [1.54, 1.807) is 12.3 Å². The minimum atomic E-state index is -0.339. The van der Waals surface area contributed by atoms with Crippen LogP contribution in [-0.2, 0) is 0 Å². The molecule has 0 radical (unpaired) electrons. The first-order chi connectivity index (χ1) is 10.8. The van der Waals surface area contributed by atoms with Crippen LogP contribution in [0.25, 0.3) is 10.8 Å². The Bertz CT molecular complexity index is 933. The van der Waals surface area contributed by atoms with Gasteiger partial charge in [-0.15, -0.1) is 0 Å². The molecule has 2 N–H and O–H groups in total. The number of fused-ring (bicyclic) bond motifs is 3. The zero-order chi connectivity index (χ0) is 15.1. The number of furan rings is 1. The highest BCUT2D eigenvalue weighted by atomic mass is 16.5. The van der Waals surface area contributed by atoms with E-state index in [9.17, 15) is 5.26 Å². The highest BCUT2D eigenvalue weighted by Gasteiger charge is 2.33. The molecular weight excluding hydrogens is 276 g/mol. The minimum Gasteiger partial charge on any atom is -0.468 e. The van der Waals surface area contributed by atoms with E-state index in [-0.39, 0.29) is 11.8 Å². The van der Waals surface area contributed by atoms with E-state index in [1.807, 2.05) is 42.5 Å². The maximum atomic E-state index is 9.46. The van der Waals surface area contributed by atoms with Crippen LogP contribution in [0.2, 0.25) is 0 Å². The fraction of sp³-hybridized carbons (Fsp3) is 0.0556. The molecule has 1 aromatic heterocycles. The molecule has 0 aliphatic carbocycles. The molecule has 1 aliphatic rings. The number of nitrogens with zero attached hydrogens (tertiary/aromatic N) is 1. The van der Waals surface area contributed by atoms with E-state index >= 15 is 0 Å². The summed E-state index contributed by atoms with van der Waals surface area (Å²) in [5.41, 5.74) is 7.25. The first kappa shape index (κ1) is 12.5. The Morgan fingerprint density at radius 2 is 1.91 bits per heavy atom. The molecule has 1 atom stereocenters. The summed E-state index contributed by atoms with van der Waals surface area (Å²) in [6.45, 7) is 0. The lowest BCUT2D eigenvalue weighted by Gasteiger charge is -2.25.